The fraction of sp³-hybridized carbons (Fsp3) is 0.273. The molecule has 0 aliphatic heterocycles. The third-order valence-electron chi connectivity index (χ3n) is 4.01. The molecule has 2 rings (SSSR count). The van der Waals surface area contributed by atoms with Crippen LogP contribution >= 0.6 is 0 Å². The lowest BCUT2D eigenvalue weighted by molar-refractivity contribution is -0.136. The van der Waals surface area contributed by atoms with E-state index >= 15 is 0 Å². The summed E-state index contributed by atoms with van der Waals surface area (Å²) >= 11 is 0. The monoisotopic (exact) mass is 415 g/mol. The Balaban J connectivity index is 2.62. The Hall–Kier alpha value is -2.77. The van der Waals surface area contributed by atoms with E-state index < -0.39 is 28.0 Å². The minimum absolute atomic E-state index is 0.0891. The smallest absolute Gasteiger partial charge is 0.307 e. The van der Waals surface area contributed by atoms with Gasteiger partial charge in [-0.1, -0.05) is 42.5 Å². The topological polar surface area (TPSA) is 101 Å². The van der Waals surface area contributed by atoms with Gasteiger partial charge in [0.05, 0.1) is 11.3 Å². The Morgan fingerprint density at radius 1 is 0.931 bits per heavy atom. The fourth-order valence-electron chi connectivity index (χ4n) is 2.92. The largest absolute Gasteiger partial charge is 0.481 e. The standard InChI is InChI=1S/C22H25NO5S/c1-15(24)19(14-20(25)26)21(16-8-6-5-7-9-16)17-10-12-18(13-11-17)29(27,28)23-22(2,3)4/h5-13,23H,14H2,1-4H3,(H,25,26)/b21-19+. The highest BCUT2D eigenvalue weighted by atomic mass is 32.2. The van der Waals surface area contributed by atoms with Crippen LogP contribution in [0.1, 0.15) is 45.2 Å². The van der Waals surface area contributed by atoms with Gasteiger partial charge in [-0.15, -0.1) is 0 Å². The van der Waals surface area contributed by atoms with E-state index in [0.717, 1.165) is 0 Å². The molecule has 0 aliphatic rings. The first-order valence-corrected chi connectivity index (χ1v) is 10.5. The highest BCUT2D eigenvalue weighted by Crippen LogP contribution is 2.30. The molecule has 0 bridgehead atoms. The number of rotatable bonds is 7. The predicted molar refractivity (Wildman–Crippen MR) is 112 cm³/mol. The summed E-state index contributed by atoms with van der Waals surface area (Å²) in [5, 5.41) is 9.26. The first-order chi connectivity index (χ1) is 13.4. The summed E-state index contributed by atoms with van der Waals surface area (Å²) in [4.78, 5) is 23.6. The van der Waals surface area contributed by atoms with E-state index in [1.165, 1.54) is 19.1 Å². The molecule has 2 aromatic carbocycles. The van der Waals surface area contributed by atoms with Crippen LogP contribution in [0.25, 0.3) is 5.57 Å². The van der Waals surface area contributed by atoms with Crippen LogP contribution in [0.15, 0.2) is 65.1 Å². The zero-order valence-electron chi connectivity index (χ0n) is 16.9. The molecule has 0 aromatic heterocycles. The van der Waals surface area contributed by atoms with E-state index in [1.54, 1.807) is 57.2 Å². The summed E-state index contributed by atoms with van der Waals surface area (Å²) in [6.45, 7) is 6.58. The van der Waals surface area contributed by atoms with Crippen LogP contribution in [0.2, 0.25) is 0 Å². The fourth-order valence-corrected chi connectivity index (χ4v) is 4.34. The molecule has 7 heteroatoms. The average molecular weight is 416 g/mol. The van der Waals surface area contributed by atoms with Crippen molar-refractivity contribution in [1.29, 1.82) is 0 Å². The summed E-state index contributed by atoms with van der Waals surface area (Å²) < 4.78 is 27.7. The van der Waals surface area contributed by atoms with Gasteiger partial charge in [0.1, 0.15) is 0 Å². The van der Waals surface area contributed by atoms with Crippen molar-refractivity contribution >= 4 is 27.3 Å². The van der Waals surface area contributed by atoms with Crippen LogP contribution in [-0.4, -0.2) is 30.8 Å². The van der Waals surface area contributed by atoms with E-state index in [9.17, 15) is 23.1 Å². The zero-order chi connectivity index (χ0) is 21.8. The second-order valence-electron chi connectivity index (χ2n) is 7.73. The Morgan fingerprint density at radius 2 is 1.45 bits per heavy atom. The van der Waals surface area contributed by atoms with Gasteiger partial charge in [-0.2, -0.15) is 0 Å². The Morgan fingerprint density at radius 3 is 1.90 bits per heavy atom. The van der Waals surface area contributed by atoms with E-state index in [0.29, 0.717) is 16.7 Å². The summed E-state index contributed by atoms with van der Waals surface area (Å²) in [5.41, 5.74) is 1.26. The molecular formula is C22H25NO5S. The van der Waals surface area contributed by atoms with Crippen LogP contribution in [0.3, 0.4) is 0 Å². The average Bonchev–Trinajstić information content (AvgIpc) is 2.60. The summed E-state index contributed by atoms with van der Waals surface area (Å²) in [5.74, 6) is -1.46. The van der Waals surface area contributed by atoms with Crippen molar-refractivity contribution < 1.29 is 23.1 Å². The van der Waals surface area contributed by atoms with E-state index in [-0.39, 0.29) is 16.3 Å². The minimum atomic E-state index is -3.71. The van der Waals surface area contributed by atoms with Gasteiger partial charge in [0.15, 0.2) is 5.78 Å². The van der Waals surface area contributed by atoms with Gasteiger partial charge in [-0.25, -0.2) is 13.1 Å². The first kappa shape index (κ1) is 22.5. The number of carbonyl (C=O) groups excluding carboxylic acids is 1. The van der Waals surface area contributed by atoms with Gasteiger partial charge in [-0.05, 0) is 56.5 Å². The number of carboxylic acids is 1. The molecule has 0 saturated carbocycles. The van der Waals surface area contributed by atoms with Crippen molar-refractivity contribution in [2.24, 2.45) is 0 Å². The quantitative estimate of drug-likeness (QED) is 0.673. The number of aliphatic carboxylic acids is 1. The van der Waals surface area contributed by atoms with Crippen molar-refractivity contribution in [2.75, 3.05) is 0 Å². The number of nitrogens with one attached hydrogen (secondary N) is 1. The number of carbonyl (C=O) groups is 2. The second-order valence-corrected chi connectivity index (χ2v) is 9.41. The number of hydrogen-bond acceptors (Lipinski definition) is 4. The van der Waals surface area contributed by atoms with Crippen molar-refractivity contribution in [3.63, 3.8) is 0 Å². The SMILES string of the molecule is CC(=O)/C(CC(=O)O)=C(\c1ccccc1)c1ccc(S(=O)(=O)NC(C)(C)C)cc1. The number of benzene rings is 2. The number of Topliss-reactive ketones (excluding diaryl/α,β-unsaturated/α-hetero) is 1. The van der Waals surface area contributed by atoms with Crippen LogP contribution in [0, 0.1) is 0 Å². The number of hydrogen-bond donors (Lipinski definition) is 2. The van der Waals surface area contributed by atoms with Crippen molar-refractivity contribution in [2.45, 2.75) is 44.6 Å². The molecule has 6 nitrogen and oxygen atoms in total. The number of ketones is 1. The predicted octanol–water partition coefficient (Wildman–Crippen LogP) is 3.63. The lowest BCUT2D eigenvalue weighted by atomic mass is 9.90. The van der Waals surface area contributed by atoms with Gasteiger partial charge in [0.25, 0.3) is 0 Å². The zero-order valence-corrected chi connectivity index (χ0v) is 17.7. The molecule has 0 aliphatic carbocycles. The third-order valence-corrected chi connectivity index (χ3v) is 5.78. The van der Waals surface area contributed by atoms with Crippen LogP contribution in [-0.2, 0) is 19.6 Å². The van der Waals surface area contributed by atoms with Gasteiger partial charge in [0, 0.05) is 11.1 Å². The maximum atomic E-state index is 12.5. The van der Waals surface area contributed by atoms with Gasteiger partial charge < -0.3 is 5.11 Å². The van der Waals surface area contributed by atoms with Crippen molar-refractivity contribution in [3.8, 4) is 0 Å². The summed E-state index contributed by atoms with van der Waals surface area (Å²) in [6, 6.07) is 15.0. The molecule has 0 heterocycles. The molecule has 29 heavy (non-hydrogen) atoms. The third kappa shape index (κ3) is 6.10. The molecule has 0 atom stereocenters. The maximum Gasteiger partial charge on any atom is 0.307 e. The Bertz CT molecular complexity index is 1030. The molecule has 154 valence electrons. The highest BCUT2D eigenvalue weighted by molar-refractivity contribution is 7.89. The molecule has 2 aromatic rings. The molecule has 2 N–H and O–H groups in total. The molecule has 0 amide bonds. The molecule has 0 spiro atoms. The number of sulfonamides is 1. The highest BCUT2D eigenvalue weighted by Gasteiger charge is 2.23. The molecule has 0 radical (unpaired) electrons. The minimum Gasteiger partial charge on any atom is -0.481 e. The van der Waals surface area contributed by atoms with Gasteiger partial charge in [-0.3, -0.25) is 9.59 Å². The van der Waals surface area contributed by atoms with Crippen LogP contribution in [0.4, 0.5) is 0 Å². The molecule has 0 saturated heterocycles. The summed E-state index contributed by atoms with van der Waals surface area (Å²) in [6.07, 6.45) is -0.425. The Labute approximate surface area is 171 Å². The Kier molecular flexibility index (Phi) is 6.77. The first-order valence-electron chi connectivity index (χ1n) is 9.06. The summed E-state index contributed by atoms with van der Waals surface area (Å²) in [7, 11) is -3.71. The normalized spacial score (nSPS) is 13.0. The lowest BCUT2D eigenvalue weighted by Crippen LogP contribution is -2.40. The number of carboxylic acid groups (broad SMARTS) is 1. The van der Waals surface area contributed by atoms with Gasteiger partial charge in [0.2, 0.25) is 10.0 Å². The molecule has 0 fully saturated rings. The molecule has 0 unspecified atom stereocenters. The van der Waals surface area contributed by atoms with Crippen LogP contribution < -0.4 is 4.72 Å². The van der Waals surface area contributed by atoms with E-state index in [4.69, 9.17) is 0 Å². The maximum absolute atomic E-state index is 12.5. The second kappa shape index (κ2) is 8.71. The van der Waals surface area contributed by atoms with Crippen molar-refractivity contribution in [3.05, 3.63) is 71.3 Å². The van der Waals surface area contributed by atoms with E-state index in [2.05, 4.69) is 4.72 Å². The van der Waals surface area contributed by atoms with Crippen molar-refractivity contribution in [1.82, 2.24) is 4.72 Å². The van der Waals surface area contributed by atoms with E-state index in [1.807, 2.05) is 6.07 Å². The van der Waals surface area contributed by atoms with Gasteiger partial charge >= 0.3 is 5.97 Å². The molecular weight excluding hydrogens is 390 g/mol. The van der Waals surface area contributed by atoms with Crippen LogP contribution in [0.5, 0.6) is 0 Å². The lowest BCUT2D eigenvalue weighted by Gasteiger charge is -2.20.